The molecule has 0 bridgehead atoms. The van der Waals surface area contributed by atoms with E-state index in [4.69, 9.17) is 16.3 Å². The third kappa shape index (κ3) is 3.63. The molecular weight excluding hydrogens is 272 g/mol. The fourth-order valence-corrected chi connectivity index (χ4v) is 3.08. The van der Waals surface area contributed by atoms with Gasteiger partial charge in [-0.05, 0) is 44.9 Å². The molecule has 2 rings (SSSR count). The van der Waals surface area contributed by atoms with Crippen LogP contribution < -0.4 is 4.74 Å². The molecule has 0 amide bonds. The number of halogens is 1. The van der Waals surface area contributed by atoms with Crippen LogP contribution in [0, 0.1) is 12.8 Å². The van der Waals surface area contributed by atoms with E-state index in [-0.39, 0.29) is 6.10 Å². The quantitative estimate of drug-likeness (QED) is 0.736. The summed E-state index contributed by atoms with van der Waals surface area (Å²) >= 11 is 6.21. The number of aryl methyl sites for hydroxylation is 1. The maximum Gasteiger partial charge on any atom is 0.221 e. The molecule has 4 heteroatoms. The van der Waals surface area contributed by atoms with Gasteiger partial charge in [0.25, 0.3) is 0 Å². The molecule has 1 saturated carbocycles. The van der Waals surface area contributed by atoms with E-state index in [2.05, 4.69) is 23.8 Å². The molecule has 1 fully saturated rings. The summed E-state index contributed by atoms with van der Waals surface area (Å²) < 4.78 is 6.22. The molecule has 1 aliphatic carbocycles. The van der Waals surface area contributed by atoms with Crippen molar-refractivity contribution < 1.29 is 4.74 Å². The third-order valence-electron chi connectivity index (χ3n) is 4.19. The Morgan fingerprint density at radius 3 is 2.65 bits per heavy atom. The zero-order valence-electron chi connectivity index (χ0n) is 12.8. The first-order valence-corrected chi connectivity index (χ1v) is 8.23. The van der Waals surface area contributed by atoms with Crippen LogP contribution in [0.1, 0.15) is 63.8 Å². The van der Waals surface area contributed by atoms with Crippen molar-refractivity contribution in [3.05, 3.63) is 16.5 Å². The van der Waals surface area contributed by atoms with E-state index >= 15 is 0 Å². The average molecular weight is 297 g/mol. The normalized spacial score (nSPS) is 22.8. The van der Waals surface area contributed by atoms with Crippen molar-refractivity contribution in [1.29, 1.82) is 0 Å². The lowest BCUT2D eigenvalue weighted by molar-refractivity contribution is 0.0847. The Morgan fingerprint density at radius 2 is 1.95 bits per heavy atom. The monoisotopic (exact) mass is 296 g/mol. The van der Waals surface area contributed by atoms with Gasteiger partial charge < -0.3 is 4.74 Å². The highest BCUT2D eigenvalue weighted by molar-refractivity contribution is 6.30. The lowest BCUT2D eigenvalue weighted by atomic mass is 9.85. The van der Waals surface area contributed by atoms with Gasteiger partial charge in [0.2, 0.25) is 5.88 Å². The summed E-state index contributed by atoms with van der Waals surface area (Å²) in [6, 6.07) is 0. The van der Waals surface area contributed by atoms with Gasteiger partial charge in [-0.25, -0.2) is 4.98 Å². The van der Waals surface area contributed by atoms with Crippen molar-refractivity contribution >= 4 is 11.6 Å². The summed E-state index contributed by atoms with van der Waals surface area (Å²) in [5.41, 5.74) is 0.868. The molecule has 0 spiro atoms. The SMILES string of the molecule is CCCc1nc(Cl)c(C)c(OC2CCCCC2CC)n1. The Bertz CT molecular complexity index is 450. The molecule has 20 heavy (non-hydrogen) atoms. The predicted octanol–water partition coefficient (Wildman–Crippen LogP) is 4.74. The van der Waals surface area contributed by atoms with Gasteiger partial charge in [-0.15, -0.1) is 0 Å². The summed E-state index contributed by atoms with van der Waals surface area (Å²) in [5.74, 6) is 2.13. The zero-order chi connectivity index (χ0) is 14.5. The molecule has 0 radical (unpaired) electrons. The van der Waals surface area contributed by atoms with Crippen LogP contribution in [0.2, 0.25) is 5.15 Å². The van der Waals surface area contributed by atoms with E-state index in [0.29, 0.717) is 17.0 Å². The fourth-order valence-electron chi connectivity index (χ4n) is 2.90. The lowest BCUT2D eigenvalue weighted by Crippen LogP contribution is -2.30. The molecule has 0 saturated heterocycles. The van der Waals surface area contributed by atoms with Gasteiger partial charge in [0.1, 0.15) is 17.1 Å². The van der Waals surface area contributed by atoms with E-state index in [1.807, 2.05) is 6.92 Å². The minimum atomic E-state index is 0.285. The van der Waals surface area contributed by atoms with E-state index in [0.717, 1.165) is 30.7 Å². The Morgan fingerprint density at radius 1 is 1.20 bits per heavy atom. The molecule has 3 nitrogen and oxygen atoms in total. The van der Waals surface area contributed by atoms with Crippen LogP contribution >= 0.6 is 11.6 Å². The second-order valence-electron chi connectivity index (χ2n) is 5.72. The maximum absolute atomic E-state index is 6.22. The molecule has 1 aromatic heterocycles. The first-order chi connectivity index (χ1) is 9.65. The Labute approximate surface area is 127 Å². The maximum atomic E-state index is 6.22. The smallest absolute Gasteiger partial charge is 0.221 e. The minimum absolute atomic E-state index is 0.285. The van der Waals surface area contributed by atoms with Crippen LogP contribution in [0.25, 0.3) is 0 Å². The summed E-state index contributed by atoms with van der Waals surface area (Å²) in [6.07, 6.45) is 8.28. The number of hydrogen-bond acceptors (Lipinski definition) is 3. The Kier molecular flexibility index (Phi) is 5.64. The molecule has 112 valence electrons. The second kappa shape index (κ2) is 7.26. The van der Waals surface area contributed by atoms with Gasteiger partial charge in [0.15, 0.2) is 0 Å². The van der Waals surface area contributed by atoms with Crippen molar-refractivity contribution in [2.24, 2.45) is 5.92 Å². The van der Waals surface area contributed by atoms with Crippen LogP contribution in [-0.4, -0.2) is 16.1 Å². The number of ether oxygens (including phenoxy) is 1. The van der Waals surface area contributed by atoms with E-state index < -0.39 is 0 Å². The molecule has 0 aromatic carbocycles. The van der Waals surface area contributed by atoms with Gasteiger partial charge in [-0.1, -0.05) is 31.9 Å². The van der Waals surface area contributed by atoms with Crippen molar-refractivity contribution in [2.75, 3.05) is 0 Å². The summed E-state index contributed by atoms with van der Waals surface area (Å²) in [7, 11) is 0. The van der Waals surface area contributed by atoms with Gasteiger partial charge in [0, 0.05) is 12.0 Å². The summed E-state index contributed by atoms with van der Waals surface area (Å²) in [6.45, 7) is 6.30. The highest BCUT2D eigenvalue weighted by Gasteiger charge is 2.26. The molecule has 1 aromatic rings. The Hall–Kier alpha value is -0.830. The van der Waals surface area contributed by atoms with Crippen molar-refractivity contribution in [3.8, 4) is 5.88 Å². The van der Waals surface area contributed by atoms with Gasteiger partial charge >= 0.3 is 0 Å². The lowest BCUT2D eigenvalue weighted by Gasteiger charge is -2.31. The molecular formula is C16H25ClN2O. The molecule has 0 N–H and O–H groups in total. The van der Waals surface area contributed by atoms with E-state index in [1.165, 1.54) is 25.7 Å². The van der Waals surface area contributed by atoms with Crippen LogP contribution in [0.5, 0.6) is 5.88 Å². The van der Waals surface area contributed by atoms with Gasteiger partial charge in [0.05, 0.1) is 0 Å². The number of aromatic nitrogens is 2. The Balaban J connectivity index is 2.18. The summed E-state index contributed by atoms with van der Waals surface area (Å²) in [5, 5.41) is 0.530. The van der Waals surface area contributed by atoms with Crippen molar-refractivity contribution in [2.45, 2.75) is 71.8 Å². The standard InChI is InChI=1S/C16H25ClN2O/c1-4-8-14-18-15(17)11(3)16(19-14)20-13-10-7-6-9-12(13)5-2/h12-13H,4-10H2,1-3H3. The molecule has 1 heterocycles. The van der Waals surface area contributed by atoms with E-state index in [9.17, 15) is 0 Å². The number of rotatable bonds is 5. The largest absolute Gasteiger partial charge is 0.474 e. The average Bonchev–Trinajstić information content (AvgIpc) is 2.45. The topological polar surface area (TPSA) is 35.0 Å². The molecule has 0 aliphatic heterocycles. The fraction of sp³-hybridized carbons (Fsp3) is 0.750. The molecule has 2 atom stereocenters. The highest BCUT2D eigenvalue weighted by atomic mass is 35.5. The van der Waals surface area contributed by atoms with Crippen LogP contribution in [-0.2, 0) is 6.42 Å². The second-order valence-corrected chi connectivity index (χ2v) is 6.08. The number of nitrogens with zero attached hydrogens (tertiary/aromatic N) is 2. The molecule has 1 aliphatic rings. The first kappa shape index (κ1) is 15.6. The minimum Gasteiger partial charge on any atom is -0.474 e. The summed E-state index contributed by atoms with van der Waals surface area (Å²) in [4.78, 5) is 8.90. The zero-order valence-corrected chi connectivity index (χ0v) is 13.5. The van der Waals surface area contributed by atoms with Gasteiger partial charge in [-0.3, -0.25) is 0 Å². The van der Waals surface area contributed by atoms with Crippen molar-refractivity contribution in [3.63, 3.8) is 0 Å². The third-order valence-corrected chi connectivity index (χ3v) is 4.56. The highest BCUT2D eigenvalue weighted by Crippen LogP contribution is 2.32. The van der Waals surface area contributed by atoms with Crippen LogP contribution in [0.15, 0.2) is 0 Å². The van der Waals surface area contributed by atoms with Crippen LogP contribution in [0.3, 0.4) is 0 Å². The van der Waals surface area contributed by atoms with Crippen LogP contribution in [0.4, 0.5) is 0 Å². The van der Waals surface area contributed by atoms with Crippen molar-refractivity contribution in [1.82, 2.24) is 9.97 Å². The molecule has 2 unspecified atom stereocenters. The predicted molar refractivity (Wildman–Crippen MR) is 82.4 cm³/mol. The first-order valence-electron chi connectivity index (χ1n) is 7.85. The number of hydrogen-bond donors (Lipinski definition) is 0. The van der Waals surface area contributed by atoms with Gasteiger partial charge in [-0.2, -0.15) is 4.98 Å². The van der Waals surface area contributed by atoms with E-state index in [1.54, 1.807) is 0 Å².